The summed E-state index contributed by atoms with van der Waals surface area (Å²) in [5.41, 5.74) is 3.98. The molecule has 106 valence electrons. The molecular formula is C14H18N4O2. The molecule has 0 fully saturated rings. The van der Waals surface area contributed by atoms with Crippen molar-refractivity contribution in [3.63, 3.8) is 0 Å². The predicted octanol–water partition coefficient (Wildman–Crippen LogP) is 1.32. The molecule has 1 aliphatic carbocycles. The van der Waals surface area contributed by atoms with Crippen molar-refractivity contribution in [2.45, 2.75) is 26.2 Å². The maximum atomic E-state index is 11.1. The molecule has 6 heteroatoms. The highest BCUT2D eigenvalue weighted by Gasteiger charge is 2.29. The minimum atomic E-state index is -0.723. The van der Waals surface area contributed by atoms with Gasteiger partial charge in [0.1, 0.15) is 5.69 Å². The molecule has 2 heterocycles. The number of aliphatic carboxylic acids is 1. The van der Waals surface area contributed by atoms with Crippen LogP contribution in [0.4, 0.5) is 0 Å². The number of fused-ring (bicyclic) bond motifs is 1. The van der Waals surface area contributed by atoms with Gasteiger partial charge in [0.15, 0.2) is 5.82 Å². The van der Waals surface area contributed by atoms with E-state index in [1.54, 1.807) is 0 Å². The number of carboxylic acids is 1. The van der Waals surface area contributed by atoms with Gasteiger partial charge >= 0.3 is 5.97 Å². The first-order valence-corrected chi connectivity index (χ1v) is 6.75. The first-order chi connectivity index (χ1) is 9.47. The van der Waals surface area contributed by atoms with Crippen LogP contribution in [0.25, 0.3) is 11.5 Å². The van der Waals surface area contributed by atoms with Crippen LogP contribution in [0.3, 0.4) is 0 Å². The third-order valence-corrected chi connectivity index (χ3v) is 4.05. The highest BCUT2D eigenvalue weighted by atomic mass is 16.4. The Morgan fingerprint density at radius 1 is 1.45 bits per heavy atom. The van der Waals surface area contributed by atoms with Crippen LogP contribution < -0.4 is 0 Å². The third kappa shape index (κ3) is 1.92. The van der Waals surface area contributed by atoms with Gasteiger partial charge in [-0.2, -0.15) is 5.10 Å². The van der Waals surface area contributed by atoms with Gasteiger partial charge in [-0.05, 0) is 25.8 Å². The highest BCUT2D eigenvalue weighted by Crippen LogP contribution is 2.29. The van der Waals surface area contributed by atoms with E-state index in [2.05, 4.69) is 14.6 Å². The molecule has 1 aliphatic rings. The molecule has 0 saturated carbocycles. The number of carboxylic acid groups (broad SMARTS) is 1. The average molecular weight is 274 g/mol. The van der Waals surface area contributed by atoms with Crippen LogP contribution in [0.15, 0.2) is 6.07 Å². The van der Waals surface area contributed by atoms with Crippen molar-refractivity contribution in [3.8, 4) is 11.5 Å². The number of nitrogens with zero attached hydrogens (tertiary/aromatic N) is 4. The van der Waals surface area contributed by atoms with E-state index < -0.39 is 5.97 Å². The Bertz CT molecular complexity index is 684. The molecule has 1 atom stereocenters. The number of imidazole rings is 1. The minimum absolute atomic E-state index is 0.307. The van der Waals surface area contributed by atoms with E-state index in [0.29, 0.717) is 12.8 Å². The number of aryl methyl sites for hydroxylation is 2. The maximum Gasteiger partial charge on any atom is 0.306 e. The van der Waals surface area contributed by atoms with E-state index >= 15 is 0 Å². The Morgan fingerprint density at radius 2 is 2.20 bits per heavy atom. The normalized spacial score (nSPS) is 18.1. The van der Waals surface area contributed by atoms with Gasteiger partial charge in [-0.3, -0.25) is 9.48 Å². The van der Waals surface area contributed by atoms with Gasteiger partial charge < -0.3 is 9.67 Å². The fourth-order valence-corrected chi connectivity index (χ4v) is 2.97. The zero-order valence-electron chi connectivity index (χ0n) is 11.9. The molecule has 2 aromatic heterocycles. The van der Waals surface area contributed by atoms with E-state index in [4.69, 9.17) is 5.11 Å². The lowest BCUT2D eigenvalue weighted by Gasteiger charge is -2.18. The topological polar surface area (TPSA) is 72.9 Å². The summed E-state index contributed by atoms with van der Waals surface area (Å²) in [5.74, 6) is -0.165. The number of carbonyl (C=O) groups is 1. The van der Waals surface area contributed by atoms with Gasteiger partial charge in [-0.25, -0.2) is 4.98 Å². The molecule has 0 spiro atoms. The van der Waals surface area contributed by atoms with Crippen LogP contribution in [0.1, 0.15) is 23.5 Å². The van der Waals surface area contributed by atoms with E-state index in [9.17, 15) is 4.79 Å². The maximum absolute atomic E-state index is 11.1. The van der Waals surface area contributed by atoms with E-state index in [1.165, 1.54) is 0 Å². The summed E-state index contributed by atoms with van der Waals surface area (Å²) < 4.78 is 3.89. The minimum Gasteiger partial charge on any atom is -0.481 e. The van der Waals surface area contributed by atoms with Gasteiger partial charge in [-0.1, -0.05) is 0 Å². The summed E-state index contributed by atoms with van der Waals surface area (Å²) in [6.45, 7) is 1.95. The quantitative estimate of drug-likeness (QED) is 0.896. The van der Waals surface area contributed by atoms with Gasteiger partial charge in [0.2, 0.25) is 0 Å². The SMILES string of the molecule is Cc1cc(-c2nc3c(n2C)CCC(C(=O)O)C3)n(C)n1. The molecule has 0 aliphatic heterocycles. The zero-order chi connectivity index (χ0) is 14.4. The average Bonchev–Trinajstić information content (AvgIpc) is 2.89. The largest absolute Gasteiger partial charge is 0.481 e. The van der Waals surface area contributed by atoms with Gasteiger partial charge in [0.05, 0.1) is 17.3 Å². The van der Waals surface area contributed by atoms with Gasteiger partial charge in [0.25, 0.3) is 0 Å². The Kier molecular flexibility index (Phi) is 2.88. The van der Waals surface area contributed by atoms with Crippen LogP contribution in [0, 0.1) is 12.8 Å². The van der Waals surface area contributed by atoms with Crippen molar-refractivity contribution in [3.05, 3.63) is 23.1 Å². The first-order valence-electron chi connectivity index (χ1n) is 6.75. The summed E-state index contributed by atoms with van der Waals surface area (Å²) in [6, 6.07) is 2.00. The Morgan fingerprint density at radius 3 is 2.80 bits per heavy atom. The Balaban J connectivity index is 2.04. The van der Waals surface area contributed by atoms with Crippen LogP contribution >= 0.6 is 0 Å². The molecule has 0 saturated heterocycles. The van der Waals surface area contributed by atoms with E-state index in [0.717, 1.165) is 35.0 Å². The van der Waals surface area contributed by atoms with Gasteiger partial charge in [-0.15, -0.1) is 0 Å². The lowest BCUT2D eigenvalue weighted by atomic mass is 9.90. The molecule has 2 aromatic rings. The van der Waals surface area contributed by atoms with E-state index in [-0.39, 0.29) is 5.92 Å². The lowest BCUT2D eigenvalue weighted by Crippen LogP contribution is -2.22. The molecule has 6 nitrogen and oxygen atoms in total. The molecule has 0 aromatic carbocycles. The molecule has 20 heavy (non-hydrogen) atoms. The molecule has 1 N–H and O–H groups in total. The van der Waals surface area contributed by atoms with Crippen molar-refractivity contribution in [1.82, 2.24) is 19.3 Å². The van der Waals surface area contributed by atoms with Crippen LogP contribution in [0.5, 0.6) is 0 Å². The summed E-state index contributed by atoms with van der Waals surface area (Å²) in [5, 5.41) is 13.5. The molecule has 0 bridgehead atoms. The zero-order valence-corrected chi connectivity index (χ0v) is 11.9. The second kappa shape index (κ2) is 4.47. The Hall–Kier alpha value is -2.11. The first kappa shape index (κ1) is 12.9. The highest BCUT2D eigenvalue weighted by molar-refractivity contribution is 5.71. The summed E-state index contributed by atoms with van der Waals surface area (Å²) in [6.07, 6.45) is 1.98. The second-order valence-electron chi connectivity index (χ2n) is 5.46. The van der Waals surface area contributed by atoms with Crippen molar-refractivity contribution in [1.29, 1.82) is 0 Å². The standard InChI is InChI=1S/C14H18N4O2/c1-8-6-12(18(3)16-8)13-15-10-7-9(14(19)20)4-5-11(10)17(13)2/h6,9H,4-5,7H2,1-3H3,(H,19,20). The summed E-state index contributed by atoms with van der Waals surface area (Å²) in [4.78, 5) is 15.8. The van der Waals surface area contributed by atoms with Crippen molar-refractivity contribution in [2.24, 2.45) is 20.0 Å². The molecule has 1 unspecified atom stereocenters. The van der Waals surface area contributed by atoms with Crippen LogP contribution in [-0.2, 0) is 31.7 Å². The fourth-order valence-electron chi connectivity index (χ4n) is 2.97. The summed E-state index contributed by atoms with van der Waals surface area (Å²) >= 11 is 0. The van der Waals surface area contributed by atoms with Crippen LogP contribution in [0.2, 0.25) is 0 Å². The van der Waals surface area contributed by atoms with Crippen LogP contribution in [-0.4, -0.2) is 30.4 Å². The monoisotopic (exact) mass is 274 g/mol. The lowest BCUT2D eigenvalue weighted by molar-refractivity contribution is -0.142. The number of hydrogen-bond acceptors (Lipinski definition) is 3. The number of rotatable bonds is 2. The number of hydrogen-bond donors (Lipinski definition) is 1. The van der Waals surface area contributed by atoms with Crippen molar-refractivity contribution >= 4 is 5.97 Å². The van der Waals surface area contributed by atoms with Crippen molar-refractivity contribution < 1.29 is 9.90 Å². The van der Waals surface area contributed by atoms with E-state index in [1.807, 2.05) is 31.8 Å². The number of aromatic nitrogens is 4. The predicted molar refractivity (Wildman–Crippen MR) is 73.3 cm³/mol. The van der Waals surface area contributed by atoms with Crippen molar-refractivity contribution in [2.75, 3.05) is 0 Å². The molecular weight excluding hydrogens is 256 g/mol. The van der Waals surface area contributed by atoms with Gasteiger partial charge in [0, 0.05) is 26.2 Å². The molecule has 3 rings (SSSR count). The molecule has 0 amide bonds. The molecule has 0 radical (unpaired) electrons. The third-order valence-electron chi connectivity index (χ3n) is 4.05. The summed E-state index contributed by atoms with van der Waals surface area (Å²) in [7, 11) is 3.89. The fraction of sp³-hybridized carbons (Fsp3) is 0.500. The second-order valence-corrected chi connectivity index (χ2v) is 5.46. The Labute approximate surface area is 117 Å². The smallest absolute Gasteiger partial charge is 0.306 e.